The molecular formula is C12H25O3Si. The Morgan fingerprint density at radius 1 is 1.06 bits per heavy atom. The van der Waals surface area contributed by atoms with Crippen LogP contribution in [0.1, 0.15) is 40.5 Å². The van der Waals surface area contributed by atoms with E-state index in [0.717, 1.165) is 26.1 Å². The molecule has 4 heteroatoms. The highest BCUT2D eigenvalue weighted by Gasteiger charge is 2.19. The third kappa shape index (κ3) is 9.09. The first-order chi connectivity index (χ1) is 7.74. The lowest BCUT2D eigenvalue weighted by Gasteiger charge is -2.15. The molecule has 0 amide bonds. The second kappa shape index (κ2) is 11.3. The summed E-state index contributed by atoms with van der Waals surface area (Å²) in [6.45, 7) is 10.4. The monoisotopic (exact) mass is 245 g/mol. The van der Waals surface area contributed by atoms with Crippen molar-refractivity contribution in [3.8, 4) is 0 Å². The van der Waals surface area contributed by atoms with Crippen molar-refractivity contribution in [2.24, 2.45) is 5.92 Å². The topological polar surface area (TPSA) is 27.7 Å². The first-order valence-corrected chi connectivity index (χ1v) is 7.35. The maximum atomic E-state index is 5.67. The Bertz CT molecular complexity index is 166. The van der Waals surface area contributed by atoms with E-state index in [0.29, 0.717) is 12.5 Å². The molecule has 1 radical (unpaired) electrons. The van der Waals surface area contributed by atoms with Crippen molar-refractivity contribution in [3.63, 3.8) is 0 Å². The molecule has 0 aliphatic carbocycles. The number of hydrogen-bond donors (Lipinski definition) is 0. The third-order valence-electron chi connectivity index (χ3n) is 1.83. The van der Waals surface area contributed by atoms with Crippen molar-refractivity contribution in [2.75, 3.05) is 19.8 Å². The molecule has 95 valence electrons. The van der Waals surface area contributed by atoms with Gasteiger partial charge in [-0.1, -0.05) is 32.9 Å². The summed E-state index contributed by atoms with van der Waals surface area (Å²) in [6.07, 6.45) is 6.16. The van der Waals surface area contributed by atoms with Crippen LogP contribution in [-0.4, -0.2) is 29.3 Å². The van der Waals surface area contributed by atoms with Gasteiger partial charge in [-0.05, 0) is 25.7 Å². The second-order valence-electron chi connectivity index (χ2n) is 3.76. The Labute approximate surface area is 102 Å². The van der Waals surface area contributed by atoms with Gasteiger partial charge in [0.05, 0.1) is 0 Å². The molecule has 0 fully saturated rings. The van der Waals surface area contributed by atoms with Gasteiger partial charge in [0, 0.05) is 19.8 Å². The lowest BCUT2D eigenvalue weighted by Crippen LogP contribution is -2.29. The van der Waals surface area contributed by atoms with E-state index in [-0.39, 0.29) is 0 Å². The highest BCUT2D eigenvalue weighted by atomic mass is 28.3. The lowest BCUT2D eigenvalue weighted by atomic mass is 10.2. The van der Waals surface area contributed by atoms with E-state index >= 15 is 0 Å². The average Bonchev–Trinajstić information content (AvgIpc) is 2.28. The van der Waals surface area contributed by atoms with E-state index < -0.39 is 9.53 Å². The molecule has 0 saturated carbocycles. The molecule has 0 bridgehead atoms. The summed E-state index contributed by atoms with van der Waals surface area (Å²) in [5.74, 6) is 0.417. The van der Waals surface area contributed by atoms with E-state index in [2.05, 4.69) is 26.8 Å². The zero-order chi connectivity index (χ0) is 12.2. The van der Waals surface area contributed by atoms with Crippen LogP contribution in [0.25, 0.3) is 0 Å². The fourth-order valence-electron chi connectivity index (χ4n) is 1.08. The predicted octanol–water partition coefficient (Wildman–Crippen LogP) is 3.05. The first kappa shape index (κ1) is 15.8. The van der Waals surface area contributed by atoms with Gasteiger partial charge in [0.25, 0.3) is 0 Å². The minimum absolute atomic E-state index is 0.417. The van der Waals surface area contributed by atoms with Crippen LogP contribution < -0.4 is 0 Å². The molecule has 0 heterocycles. The van der Waals surface area contributed by atoms with Crippen molar-refractivity contribution >= 4 is 9.53 Å². The summed E-state index contributed by atoms with van der Waals surface area (Å²) >= 11 is 0. The minimum atomic E-state index is -1.52. The Balaban J connectivity index is 3.79. The molecule has 3 nitrogen and oxygen atoms in total. The van der Waals surface area contributed by atoms with Gasteiger partial charge >= 0.3 is 9.53 Å². The molecule has 0 aliphatic heterocycles. The quantitative estimate of drug-likeness (QED) is 0.437. The molecule has 0 saturated heterocycles. The lowest BCUT2D eigenvalue weighted by molar-refractivity contribution is 0.0868. The maximum Gasteiger partial charge on any atom is 0.577 e. The molecule has 0 aromatic carbocycles. The van der Waals surface area contributed by atoms with Crippen LogP contribution >= 0.6 is 0 Å². The summed E-state index contributed by atoms with van der Waals surface area (Å²) in [5, 5.41) is 0. The number of allylic oxidation sites excluding steroid dienone is 1. The van der Waals surface area contributed by atoms with Gasteiger partial charge in [-0.3, -0.25) is 0 Å². The molecule has 16 heavy (non-hydrogen) atoms. The van der Waals surface area contributed by atoms with Crippen LogP contribution in [0.2, 0.25) is 0 Å². The van der Waals surface area contributed by atoms with Crippen LogP contribution in [0.3, 0.4) is 0 Å². The third-order valence-corrected chi connectivity index (χ3v) is 3.12. The second-order valence-corrected chi connectivity index (χ2v) is 5.13. The Kier molecular flexibility index (Phi) is 11.2. The molecule has 0 N–H and O–H groups in total. The Morgan fingerprint density at radius 3 is 2.06 bits per heavy atom. The van der Waals surface area contributed by atoms with Gasteiger partial charge in [0.15, 0.2) is 0 Å². The smallest absolute Gasteiger partial charge is 0.371 e. The van der Waals surface area contributed by atoms with Gasteiger partial charge in [-0.25, -0.2) is 0 Å². The molecular weight excluding hydrogens is 220 g/mol. The zero-order valence-electron chi connectivity index (χ0n) is 11.0. The fourth-order valence-corrected chi connectivity index (χ4v) is 2.47. The molecule has 0 aliphatic rings. The normalized spacial score (nSPS) is 13.8. The largest absolute Gasteiger partial charge is 0.577 e. The van der Waals surface area contributed by atoms with Crippen LogP contribution in [-0.2, 0) is 13.3 Å². The molecule has 0 aromatic rings. The SMILES string of the molecule is C/C=C/C(C)CO[Si](OCCC)OCCC. The van der Waals surface area contributed by atoms with Crippen LogP contribution in [0.15, 0.2) is 12.2 Å². The molecule has 0 rings (SSSR count). The van der Waals surface area contributed by atoms with Gasteiger partial charge < -0.3 is 13.3 Å². The summed E-state index contributed by atoms with van der Waals surface area (Å²) in [5.41, 5.74) is 0. The van der Waals surface area contributed by atoms with Crippen LogP contribution in [0.5, 0.6) is 0 Å². The van der Waals surface area contributed by atoms with Gasteiger partial charge in [-0.2, -0.15) is 0 Å². The van der Waals surface area contributed by atoms with Crippen LogP contribution in [0, 0.1) is 5.92 Å². The first-order valence-electron chi connectivity index (χ1n) is 6.12. The van der Waals surface area contributed by atoms with E-state index in [1.54, 1.807) is 0 Å². The summed E-state index contributed by atoms with van der Waals surface area (Å²) < 4.78 is 16.8. The summed E-state index contributed by atoms with van der Waals surface area (Å²) in [7, 11) is -1.52. The van der Waals surface area contributed by atoms with Crippen LogP contribution in [0.4, 0.5) is 0 Å². The highest BCUT2D eigenvalue weighted by Crippen LogP contribution is 2.02. The Hall–Kier alpha value is -0.163. The molecule has 0 spiro atoms. The van der Waals surface area contributed by atoms with E-state index in [4.69, 9.17) is 13.3 Å². The maximum absolute atomic E-state index is 5.67. The van der Waals surface area contributed by atoms with Gasteiger partial charge in [0.1, 0.15) is 0 Å². The van der Waals surface area contributed by atoms with Gasteiger partial charge in [-0.15, -0.1) is 0 Å². The molecule has 1 unspecified atom stereocenters. The van der Waals surface area contributed by atoms with E-state index in [9.17, 15) is 0 Å². The standard InChI is InChI=1S/C12H25O3Si/c1-5-8-12(4)11-15-16(13-9-6-2)14-10-7-3/h5,8,12H,6-7,9-11H2,1-4H3/b8-5+. The fraction of sp³-hybridized carbons (Fsp3) is 0.833. The minimum Gasteiger partial charge on any atom is -0.371 e. The predicted molar refractivity (Wildman–Crippen MR) is 68.2 cm³/mol. The van der Waals surface area contributed by atoms with Crippen molar-refractivity contribution in [2.45, 2.75) is 40.5 Å². The van der Waals surface area contributed by atoms with E-state index in [1.165, 1.54) is 0 Å². The average molecular weight is 245 g/mol. The number of rotatable bonds is 10. The number of hydrogen-bond acceptors (Lipinski definition) is 3. The highest BCUT2D eigenvalue weighted by molar-refractivity contribution is 6.36. The van der Waals surface area contributed by atoms with Crippen molar-refractivity contribution in [3.05, 3.63) is 12.2 Å². The summed E-state index contributed by atoms with van der Waals surface area (Å²) in [4.78, 5) is 0. The van der Waals surface area contributed by atoms with Crippen molar-refractivity contribution in [1.29, 1.82) is 0 Å². The summed E-state index contributed by atoms with van der Waals surface area (Å²) in [6, 6.07) is 0. The Morgan fingerprint density at radius 2 is 1.62 bits per heavy atom. The zero-order valence-corrected chi connectivity index (χ0v) is 12.0. The molecule has 0 aromatic heterocycles. The van der Waals surface area contributed by atoms with Crippen molar-refractivity contribution < 1.29 is 13.3 Å². The molecule has 1 atom stereocenters. The van der Waals surface area contributed by atoms with Crippen molar-refractivity contribution in [1.82, 2.24) is 0 Å². The van der Waals surface area contributed by atoms with E-state index in [1.807, 2.05) is 13.0 Å². The van der Waals surface area contributed by atoms with Gasteiger partial charge in [0.2, 0.25) is 0 Å².